The van der Waals surface area contributed by atoms with Gasteiger partial charge in [0.25, 0.3) is 0 Å². The van der Waals surface area contributed by atoms with Gasteiger partial charge in [-0.25, -0.2) is 4.79 Å². The van der Waals surface area contributed by atoms with Gasteiger partial charge < -0.3 is 19.7 Å². The summed E-state index contributed by atoms with van der Waals surface area (Å²) in [5.74, 6) is 0.581. The number of rotatable bonds is 7. The molecule has 1 aliphatic rings. The fourth-order valence-corrected chi connectivity index (χ4v) is 5.25. The van der Waals surface area contributed by atoms with E-state index in [1.165, 1.54) is 11.3 Å². The molecule has 35 heavy (non-hydrogen) atoms. The molecule has 0 atom stereocenters. The predicted octanol–water partition coefficient (Wildman–Crippen LogP) is 4.60. The summed E-state index contributed by atoms with van der Waals surface area (Å²) in [4.78, 5) is 31.9. The Labute approximate surface area is 208 Å². The van der Waals surface area contributed by atoms with Crippen LogP contribution in [0.5, 0.6) is 5.75 Å². The van der Waals surface area contributed by atoms with Crippen molar-refractivity contribution < 1.29 is 19.1 Å². The van der Waals surface area contributed by atoms with Crippen LogP contribution in [0.3, 0.4) is 0 Å². The molecule has 0 radical (unpaired) electrons. The summed E-state index contributed by atoms with van der Waals surface area (Å²) in [6.45, 7) is 2.88. The van der Waals surface area contributed by atoms with Crippen molar-refractivity contribution in [3.8, 4) is 11.8 Å². The Kier molecular flexibility index (Phi) is 7.63. The quantitative estimate of drug-likeness (QED) is 0.519. The van der Waals surface area contributed by atoms with Crippen molar-refractivity contribution in [1.29, 1.82) is 5.26 Å². The molecule has 0 fully saturated rings. The molecule has 0 aliphatic carbocycles. The minimum Gasteiger partial charge on any atom is -0.496 e. The van der Waals surface area contributed by atoms with E-state index in [0.717, 1.165) is 27.3 Å². The van der Waals surface area contributed by atoms with Gasteiger partial charge in [-0.3, -0.25) is 9.78 Å². The van der Waals surface area contributed by atoms with Crippen LogP contribution in [-0.4, -0.2) is 35.5 Å². The van der Waals surface area contributed by atoms with Crippen molar-refractivity contribution in [2.75, 3.05) is 19.0 Å². The number of carbonyl (C=O) groups excluding carboxylic acids is 2. The topological polar surface area (TPSA) is 105 Å². The van der Waals surface area contributed by atoms with E-state index in [-0.39, 0.29) is 18.9 Å². The van der Waals surface area contributed by atoms with Crippen LogP contribution in [0.2, 0.25) is 0 Å². The normalized spacial score (nSPS) is 12.4. The Morgan fingerprint density at radius 2 is 2.14 bits per heavy atom. The van der Waals surface area contributed by atoms with E-state index in [4.69, 9.17) is 9.47 Å². The first kappa shape index (κ1) is 24.2. The highest BCUT2D eigenvalue weighted by molar-refractivity contribution is 7.16. The molecule has 180 valence electrons. The lowest BCUT2D eigenvalue weighted by Gasteiger charge is -2.26. The van der Waals surface area contributed by atoms with Crippen LogP contribution in [0, 0.1) is 18.3 Å². The third-order valence-corrected chi connectivity index (χ3v) is 6.94. The molecular formula is C26H26N4O4S. The fourth-order valence-electron chi connectivity index (χ4n) is 4.02. The number of methoxy groups -OCH3 is 1. The van der Waals surface area contributed by atoms with E-state index in [1.54, 1.807) is 30.3 Å². The van der Waals surface area contributed by atoms with Crippen LogP contribution in [0.4, 0.5) is 9.80 Å². The highest BCUT2D eigenvalue weighted by Crippen LogP contribution is 2.37. The van der Waals surface area contributed by atoms with Crippen LogP contribution in [0.1, 0.15) is 39.2 Å². The molecule has 1 N–H and O–H groups in total. The van der Waals surface area contributed by atoms with Gasteiger partial charge >= 0.3 is 6.09 Å². The second kappa shape index (κ2) is 11.0. The van der Waals surface area contributed by atoms with Crippen molar-refractivity contribution in [3.63, 3.8) is 0 Å². The number of fused-ring (bicyclic) bond motifs is 1. The number of ether oxygens (including phenoxy) is 2. The van der Waals surface area contributed by atoms with Gasteiger partial charge in [0.15, 0.2) is 0 Å². The van der Waals surface area contributed by atoms with Crippen molar-refractivity contribution in [2.45, 2.75) is 39.3 Å². The zero-order chi connectivity index (χ0) is 24.8. The number of aromatic nitrogens is 1. The zero-order valence-corrected chi connectivity index (χ0v) is 20.5. The van der Waals surface area contributed by atoms with Crippen molar-refractivity contribution in [2.24, 2.45) is 0 Å². The molecule has 0 spiro atoms. The first-order chi connectivity index (χ1) is 17.0. The summed E-state index contributed by atoms with van der Waals surface area (Å²) in [5, 5.41) is 13.2. The van der Waals surface area contributed by atoms with Gasteiger partial charge in [-0.05, 0) is 49.1 Å². The molecule has 1 aliphatic heterocycles. The van der Waals surface area contributed by atoms with E-state index in [0.29, 0.717) is 42.2 Å². The summed E-state index contributed by atoms with van der Waals surface area (Å²) >= 11 is 1.34. The standard InChI is InChI=1S/C26H26N4O4S/c1-17-6-8-22(33-2)18(13-17)7-9-24(31)29-25-21(14-27)20-10-12-30(15-23(20)35-25)26(32)34-16-19-5-3-4-11-28-19/h3-6,8,11,13H,7,9-10,12,15-16H2,1-2H3,(H,29,31). The highest BCUT2D eigenvalue weighted by Gasteiger charge is 2.28. The number of nitrogens with zero attached hydrogens (tertiary/aromatic N) is 3. The Hall–Kier alpha value is -3.90. The summed E-state index contributed by atoms with van der Waals surface area (Å²) in [6.07, 6.45) is 2.55. The van der Waals surface area contributed by atoms with E-state index in [1.807, 2.05) is 31.2 Å². The van der Waals surface area contributed by atoms with E-state index in [9.17, 15) is 14.9 Å². The minimum atomic E-state index is -0.425. The van der Waals surface area contributed by atoms with Gasteiger partial charge in [-0.15, -0.1) is 11.3 Å². The number of nitrogens with one attached hydrogen (secondary N) is 1. The third-order valence-electron chi connectivity index (χ3n) is 5.81. The molecule has 9 heteroatoms. The van der Waals surface area contributed by atoms with Gasteiger partial charge in [0.05, 0.1) is 24.9 Å². The molecule has 0 saturated carbocycles. The van der Waals surface area contributed by atoms with Crippen molar-refractivity contribution >= 4 is 28.3 Å². The molecule has 2 aromatic heterocycles. The summed E-state index contributed by atoms with van der Waals surface area (Å²) < 4.78 is 10.8. The SMILES string of the molecule is COc1ccc(C)cc1CCC(=O)Nc1sc2c(c1C#N)CCN(C(=O)OCc1ccccn1)C2. The summed E-state index contributed by atoms with van der Waals surface area (Å²) in [7, 11) is 1.61. The lowest BCUT2D eigenvalue weighted by Crippen LogP contribution is -2.35. The number of nitriles is 1. The van der Waals surface area contributed by atoms with Gasteiger partial charge in [-0.2, -0.15) is 5.26 Å². The predicted molar refractivity (Wildman–Crippen MR) is 132 cm³/mol. The third kappa shape index (κ3) is 5.78. The van der Waals surface area contributed by atoms with E-state index < -0.39 is 6.09 Å². The molecular weight excluding hydrogens is 464 g/mol. The lowest BCUT2D eigenvalue weighted by molar-refractivity contribution is -0.116. The number of aryl methyl sites for hydroxylation is 2. The molecule has 0 unspecified atom stereocenters. The van der Waals surface area contributed by atoms with Gasteiger partial charge in [-0.1, -0.05) is 23.8 Å². The second-order valence-electron chi connectivity index (χ2n) is 8.23. The number of benzene rings is 1. The maximum absolute atomic E-state index is 12.7. The minimum absolute atomic E-state index is 0.101. The number of amides is 2. The molecule has 3 heterocycles. The van der Waals surface area contributed by atoms with Crippen LogP contribution >= 0.6 is 11.3 Å². The van der Waals surface area contributed by atoms with E-state index >= 15 is 0 Å². The molecule has 0 bridgehead atoms. The number of hydrogen-bond acceptors (Lipinski definition) is 7. The lowest BCUT2D eigenvalue weighted by atomic mass is 10.0. The molecule has 0 saturated heterocycles. The highest BCUT2D eigenvalue weighted by atomic mass is 32.1. The maximum atomic E-state index is 12.7. The monoisotopic (exact) mass is 490 g/mol. The second-order valence-corrected chi connectivity index (χ2v) is 9.34. The molecule has 1 aromatic carbocycles. The molecule has 2 amide bonds. The Bertz CT molecular complexity index is 1270. The Morgan fingerprint density at radius 3 is 2.89 bits per heavy atom. The van der Waals surface area contributed by atoms with Gasteiger partial charge in [0, 0.05) is 24.0 Å². The zero-order valence-electron chi connectivity index (χ0n) is 19.7. The summed E-state index contributed by atoms with van der Waals surface area (Å²) in [6, 6.07) is 13.5. The fraction of sp³-hybridized carbons (Fsp3) is 0.308. The van der Waals surface area contributed by atoms with E-state index in [2.05, 4.69) is 16.4 Å². The van der Waals surface area contributed by atoms with Crippen molar-refractivity contribution in [3.05, 3.63) is 75.4 Å². The van der Waals surface area contributed by atoms with Gasteiger partial charge in [0.2, 0.25) is 5.91 Å². The number of carbonyl (C=O) groups is 2. The molecule has 8 nitrogen and oxygen atoms in total. The van der Waals surface area contributed by atoms with Crippen LogP contribution in [0.25, 0.3) is 0 Å². The number of thiophene rings is 1. The summed E-state index contributed by atoms with van der Waals surface area (Å²) in [5.41, 5.74) is 4.11. The Morgan fingerprint density at radius 1 is 1.29 bits per heavy atom. The van der Waals surface area contributed by atoms with Crippen molar-refractivity contribution in [1.82, 2.24) is 9.88 Å². The first-order valence-corrected chi connectivity index (χ1v) is 12.1. The molecule has 4 rings (SSSR count). The van der Waals surface area contributed by atoms with Crippen LogP contribution < -0.4 is 10.1 Å². The van der Waals surface area contributed by atoms with Crippen LogP contribution in [-0.2, 0) is 35.5 Å². The van der Waals surface area contributed by atoms with Gasteiger partial charge in [0.1, 0.15) is 23.4 Å². The number of anilines is 1. The number of pyridine rings is 1. The maximum Gasteiger partial charge on any atom is 0.410 e. The largest absolute Gasteiger partial charge is 0.496 e. The first-order valence-electron chi connectivity index (χ1n) is 11.3. The average molecular weight is 491 g/mol. The van der Waals surface area contributed by atoms with Crippen LogP contribution in [0.15, 0.2) is 42.6 Å². The smallest absolute Gasteiger partial charge is 0.410 e. The number of hydrogen-bond donors (Lipinski definition) is 1. The average Bonchev–Trinajstić information content (AvgIpc) is 3.22. The Balaban J connectivity index is 1.38. The molecule has 3 aromatic rings.